The minimum atomic E-state index is 0.0873. The molecule has 4 nitrogen and oxygen atoms in total. The molecule has 3 rings (SSSR count). The lowest BCUT2D eigenvalue weighted by Gasteiger charge is -2.51. The summed E-state index contributed by atoms with van der Waals surface area (Å²) in [7, 11) is 0. The summed E-state index contributed by atoms with van der Waals surface area (Å²) in [4.78, 5) is 21.3. The largest absolute Gasteiger partial charge is 0.337 e. The molecule has 3 heterocycles. The first-order valence-electron chi connectivity index (χ1n) is 8.20. The van der Waals surface area contributed by atoms with Crippen molar-refractivity contribution in [2.24, 2.45) is 0 Å². The number of hydrogen-bond acceptors (Lipinski definition) is 3. The molecule has 0 saturated carbocycles. The molecule has 2 aliphatic heterocycles. The first-order chi connectivity index (χ1) is 10.2. The van der Waals surface area contributed by atoms with Gasteiger partial charge in [-0.25, -0.2) is 0 Å². The first-order valence-corrected chi connectivity index (χ1v) is 8.20. The number of hydrogen-bond donors (Lipinski definition) is 0. The van der Waals surface area contributed by atoms with Crippen LogP contribution in [0, 0.1) is 0 Å². The van der Waals surface area contributed by atoms with E-state index in [-0.39, 0.29) is 5.91 Å². The number of nitrogens with zero attached hydrogens (tertiary/aromatic N) is 3. The Hall–Kier alpha value is -1.42. The van der Waals surface area contributed by atoms with Crippen molar-refractivity contribution in [2.45, 2.75) is 44.6 Å². The fourth-order valence-corrected chi connectivity index (χ4v) is 3.99. The molecule has 4 heteroatoms. The summed E-state index contributed by atoms with van der Waals surface area (Å²) in [6, 6.07) is 5.54. The van der Waals surface area contributed by atoms with E-state index in [0.29, 0.717) is 11.2 Å². The SMILES string of the molecule is CCN1CCCCC12CCN(C(=O)c1ccccn1)CC2. The van der Waals surface area contributed by atoms with Crippen molar-refractivity contribution < 1.29 is 4.79 Å². The molecule has 1 spiro atoms. The van der Waals surface area contributed by atoms with Crippen LogP contribution in [-0.4, -0.2) is 52.4 Å². The highest BCUT2D eigenvalue weighted by Crippen LogP contribution is 2.37. The number of likely N-dealkylation sites (tertiary alicyclic amines) is 2. The summed E-state index contributed by atoms with van der Waals surface area (Å²) in [6.07, 6.45) is 7.88. The molecule has 2 fully saturated rings. The molecule has 0 bridgehead atoms. The number of rotatable bonds is 2. The lowest BCUT2D eigenvalue weighted by molar-refractivity contribution is -0.00194. The quantitative estimate of drug-likeness (QED) is 0.839. The van der Waals surface area contributed by atoms with Gasteiger partial charge in [-0.15, -0.1) is 0 Å². The summed E-state index contributed by atoms with van der Waals surface area (Å²) in [5.41, 5.74) is 0.929. The van der Waals surface area contributed by atoms with Gasteiger partial charge in [0.1, 0.15) is 5.69 Å². The second-order valence-corrected chi connectivity index (χ2v) is 6.27. The van der Waals surface area contributed by atoms with Gasteiger partial charge in [0.05, 0.1) is 0 Å². The number of carbonyl (C=O) groups is 1. The van der Waals surface area contributed by atoms with Crippen LogP contribution in [0.1, 0.15) is 49.5 Å². The lowest BCUT2D eigenvalue weighted by Crippen LogP contribution is -2.58. The molecule has 2 saturated heterocycles. The molecule has 1 aromatic heterocycles. The van der Waals surface area contributed by atoms with Gasteiger partial charge in [0.2, 0.25) is 0 Å². The molecule has 2 aliphatic rings. The minimum Gasteiger partial charge on any atom is -0.337 e. The van der Waals surface area contributed by atoms with Gasteiger partial charge in [0.25, 0.3) is 5.91 Å². The molecule has 0 aliphatic carbocycles. The zero-order valence-electron chi connectivity index (χ0n) is 12.9. The van der Waals surface area contributed by atoms with E-state index in [2.05, 4.69) is 16.8 Å². The van der Waals surface area contributed by atoms with E-state index in [1.165, 1.54) is 25.8 Å². The molecule has 114 valence electrons. The number of pyridine rings is 1. The fraction of sp³-hybridized carbons (Fsp3) is 0.647. The molecule has 0 aromatic carbocycles. The summed E-state index contributed by atoms with van der Waals surface area (Å²) < 4.78 is 0. The molecular weight excluding hydrogens is 262 g/mol. The fourth-order valence-electron chi connectivity index (χ4n) is 3.99. The second kappa shape index (κ2) is 6.14. The molecule has 0 atom stereocenters. The van der Waals surface area contributed by atoms with Crippen LogP contribution in [0.2, 0.25) is 0 Å². The van der Waals surface area contributed by atoms with Gasteiger partial charge in [-0.05, 0) is 50.9 Å². The number of amides is 1. The van der Waals surface area contributed by atoms with Gasteiger partial charge < -0.3 is 4.90 Å². The highest BCUT2D eigenvalue weighted by molar-refractivity contribution is 5.92. The normalized spacial score (nSPS) is 22.4. The predicted octanol–water partition coefficient (Wildman–Crippen LogP) is 2.56. The van der Waals surface area contributed by atoms with Crippen molar-refractivity contribution >= 4 is 5.91 Å². The average molecular weight is 287 g/mol. The van der Waals surface area contributed by atoms with Gasteiger partial charge >= 0.3 is 0 Å². The van der Waals surface area contributed by atoms with Crippen LogP contribution >= 0.6 is 0 Å². The summed E-state index contributed by atoms with van der Waals surface area (Å²) in [5.74, 6) is 0.0873. The van der Waals surface area contributed by atoms with Crippen molar-refractivity contribution in [3.05, 3.63) is 30.1 Å². The van der Waals surface area contributed by atoms with Gasteiger partial charge in [-0.2, -0.15) is 0 Å². The zero-order valence-corrected chi connectivity index (χ0v) is 12.9. The Morgan fingerprint density at radius 2 is 2.00 bits per heavy atom. The van der Waals surface area contributed by atoms with Crippen LogP contribution < -0.4 is 0 Å². The molecule has 0 N–H and O–H groups in total. The maximum Gasteiger partial charge on any atom is 0.272 e. The Labute approximate surface area is 127 Å². The maximum absolute atomic E-state index is 12.5. The molecule has 0 unspecified atom stereocenters. The average Bonchev–Trinajstić information content (AvgIpc) is 2.56. The molecule has 1 aromatic rings. The van der Waals surface area contributed by atoms with E-state index in [9.17, 15) is 4.79 Å². The molecular formula is C17H25N3O. The van der Waals surface area contributed by atoms with Crippen molar-refractivity contribution in [1.29, 1.82) is 0 Å². The van der Waals surface area contributed by atoms with E-state index in [1.54, 1.807) is 6.20 Å². The van der Waals surface area contributed by atoms with E-state index in [0.717, 1.165) is 32.5 Å². The Morgan fingerprint density at radius 1 is 1.19 bits per heavy atom. The third-order valence-corrected chi connectivity index (χ3v) is 5.24. The predicted molar refractivity (Wildman–Crippen MR) is 83.2 cm³/mol. The Kier molecular flexibility index (Phi) is 4.24. The topological polar surface area (TPSA) is 36.4 Å². The second-order valence-electron chi connectivity index (χ2n) is 6.27. The third kappa shape index (κ3) is 2.82. The van der Waals surface area contributed by atoms with E-state index in [1.807, 2.05) is 23.1 Å². The van der Waals surface area contributed by atoms with Crippen LogP contribution in [0.5, 0.6) is 0 Å². The van der Waals surface area contributed by atoms with Crippen LogP contribution in [0.3, 0.4) is 0 Å². The number of aromatic nitrogens is 1. The Balaban J connectivity index is 1.66. The van der Waals surface area contributed by atoms with E-state index < -0.39 is 0 Å². The van der Waals surface area contributed by atoms with Gasteiger partial charge in [0, 0.05) is 24.8 Å². The zero-order chi connectivity index (χ0) is 14.7. The Bertz CT molecular complexity index is 480. The summed E-state index contributed by atoms with van der Waals surface area (Å²) >= 11 is 0. The maximum atomic E-state index is 12.5. The molecule has 21 heavy (non-hydrogen) atoms. The standard InChI is InChI=1S/C17H25N3O/c1-2-20-12-6-4-8-17(20)9-13-19(14-10-17)16(21)15-7-3-5-11-18-15/h3,5,7,11H,2,4,6,8-10,12-14H2,1H3. The van der Waals surface area contributed by atoms with Crippen LogP contribution in [0.15, 0.2) is 24.4 Å². The minimum absolute atomic E-state index is 0.0873. The van der Waals surface area contributed by atoms with Gasteiger partial charge in [0.15, 0.2) is 0 Å². The number of carbonyl (C=O) groups excluding carboxylic acids is 1. The third-order valence-electron chi connectivity index (χ3n) is 5.24. The van der Waals surface area contributed by atoms with E-state index in [4.69, 9.17) is 0 Å². The number of piperidine rings is 2. The van der Waals surface area contributed by atoms with Crippen molar-refractivity contribution in [2.75, 3.05) is 26.2 Å². The van der Waals surface area contributed by atoms with Crippen LogP contribution in [0.25, 0.3) is 0 Å². The summed E-state index contributed by atoms with van der Waals surface area (Å²) in [6.45, 7) is 6.36. The highest BCUT2D eigenvalue weighted by atomic mass is 16.2. The van der Waals surface area contributed by atoms with Gasteiger partial charge in [-0.3, -0.25) is 14.7 Å². The highest BCUT2D eigenvalue weighted by Gasteiger charge is 2.41. The van der Waals surface area contributed by atoms with Crippen LogP contribution in [-0.2, 0) is 0 Å². The monoisotopic (exact) mass is 287 g/mol. The van der Waals surface area contributed by atoms with Crippen molar-refractivity contribution in [1.82, 2.24) is 14.8 Å². The first kappa shape index (κ1) is 14.5. The van der Waals surface area contributed by atoms with Crippen LogP contribution in [0.4, 0.5) is 0 Å². The lowest BCUT2D eigenvalue weighted by atomic mass is 9.78. The van der Waals surface area contributed by atoms with Crippen molar-refractivity contribution in [3.63, 3.8) is 0 Å². The molecule has 1 amide bonds. The smallest absolute Gasteiger partial charge is 0.272 e. The summed E-state index contributed by atoms with van der Waals surface area (Å²) in [5, 5.41) is 0. The van der Waals surface area contributed by atoms with E-state index >= 15 is 0 Å². The molecule has 0 radical (unpaired) electrons. The van der Waals surface area contributed by atoms with Crippen molar-refractivity contribution in [3.8, 4) is 0 Å². The van der Waals surface area contributed by atoms with Gasteiger partial charge in [-0.1, -0.05) is 19.4 Å². The Morgan fingerprint density at radius 3 is 2.67 bits per heavy atom.